The lowest BCUT2D eigenvalue weighted by atomic mass is 9.92. The minimum atomic E-state index is 0.875. The average Bonchev–Trinajstić information content (AvgIpc) is 1.57. The summed E-state index contributed by atoms with van der Waals surface area (Å²) in [5, 5.41) is 3.63. The van der Waals surface area contributed by atoms with Gasteiger partial charge < -0.3 is 5.32 Å². The predicted molar refractivity (Wildman–Crippen MR) is 41.9 cm³/mol. The van der Waals surface area contributed by atoms with Gasteiger partial charge in [0, 0.05) is 23.6 Å². The van der Waals surface area contributed by atoms with Gasteiger partial charge in [0.1, 0.15) is 0 Å². The Morgan fingerprint density at radius 3 is 2.22 bits per heavy atom. The summed E-state index contributed by atoms with van der Waals surface area (Å²) < 4.78 is 0. The molecule has 52 valence electrons. The van der Waals surface area contributed by atoms with Crippen molar-refractivity contribution in [2.24, 2.45) is 0 Å². The van der Waals surface area contributed by atoms with Crippen molar-refractivity contribution in [3.63, 3.8) is 0 Å². The SMILES string of the molecule is C1CC(NC2CSC2)C1. The van der Waals surface area contributed by atoms with E-state index in [2.05, 4.69) is 17.1 Å². The van der Waals surface area contributed by atoms with Gasteiger partial charge in [0.05, 0.1) is 0 Å². The van der Waals surface area contributed by atoms with Crippen molar-refractivity contribution in [1.82, 2.24) is 5.32 Å². The Labute approximate surface area is 60.6 Å². The first-order valence-electron chi connectivity index (χ1n) is 3.79. The number of thioether (sulfide) groups is 1. The fraction of sp³-hybridized carbons (Fsp3) is 1.00. The summed E-state index contributed by atoms with van der Waals surface area (Å²) in [4.78, 5) is 0. The second kappa shape index (κ2) is 2.51. The van der Waals surface area contributed by atoms with E-state index in [0.29, 0.717) is 0 Å². The summed E-state index contributed by atoms with van der Waals surface area (Å²) in [6.07, 6.45) is 4.32. The number of rotatable bonds is 2. The van der Waals surface area contributed by atoms with Gasteiger partial charge in [0.25, 0.3) is 0 Å². The normalized spacial score (nSPS) is 29.3. The van der Waals surface area contributed by atoms with Gasteiger partial charge in [-0.25, -0.2) is 0 Å². The maximum absolute atomic E-state index is 3.63. The molecule has 2 heteroatoms. The van der Waals surface area contributed by atoms with E-state index in [-0.39, 0.29) is 0 Å². The first kappa shape index (κ1) is 6.05. The number of nitrogens with one attached hydrogen (secondary N) is 1. The fourth-order valence-corrected chi connectivity index (χ4v) is 1.90. The van der Waals surface area contributed by atoms with Gasteiger partial charge in [-0.05, 0) is 12.8 Å². The summed E-state index contributed by atoms with van der Waals surface area (Å²) in [7, 11) is 0. The topological polar surface area (TPSA) is 12.0 Å². The maximum atomic E-state index is 3.63. The maximum Gasteiger partial charge on any atom is 0.0251 e. The quantitative estimate of drug-likeness (QED) is 0.624. The zero-order chi connectivity index (χ0) is 6.10. The van der Waals surface area contributed by atoms with Gasteiger partial charge in [0.15, 0.2) is 0 Å². The minimum absolute atomic E-state index is 0.875. The van der Waals surface area contributed by atoms with E-state index in [4.69, 9.17) is 0 Å². The Hall–Kier alpha value is 0.310. The molecule has 1 saturated heterocycles. The summed E-state index contributed by atoms with van der Waals surface area (Å²) in [5.74, 6) is 2.72. The Morgan fingerprint density at radius 2 is 1.89 bits per heavy atom. The molecule has 0 spiro atoms. The molecule has 1 N–H and O–H groups in total. The van der Waals surface area contributed by atoms with Crippen LogP contribution in [0.5, 0.6) is 0 Å². The van der Waals surface area contributed by atoms with Crippen LogP contribution in [0.2, 0.25) is 0 Å². The van der Waals surface area contributed by atoms with E-state index in [1.807, 2.05) is 0 Å². The minimum Gasteiger partial charge on any atom is -0.310 e. The Morgan fingerprint density at radius 1 is 1.11 bits per heavy atom. The zero-order valence-corrected chi connectivity index (χ0v) is 6.41. The van der Waals surface area contributed by atoms with Crippen molar-refractivity contribution in [1.29, 1.82) is 0 Å². The molecule has 0 amide bonds. The first-order chi connectivity index (χ1) is 4.45. The van der Waals surface area contributed by atoms with Crippen molar-refractivity contribution in [3.05, 3.63) is 0 Å². The molecule has 0 aromatic rings. The van der Waals surface area contributed by atoms with Crippen molar-refractivity contribution < 1.29 is 0 Å². The highest BCUT2D eigenvalue weighted by atomic mass is 32.2. The second-order valence-corrected chi connectivity index (χ2v) is 4.10. The molecule has 1 aliphatic heterocycles. The van der Waals surface area contributed by atoms with Crippen molar-refractivity contribution in [2.75, 3.05) is 11.5 Å². The molecule has 0 radical (unpaired) electrons. The van der Waals surface area contributed by atoms with E-state index in [1.165, 1.54) is 30.8 Å². The van der Waals surface area contributed by atoms with E-state index in [1.54, 1.807) is 0 Å². The molecule has 1 aliphatic carbocycles. The highest BCUT2D eigenvalue weighted by Gasteiger charge is 2.24. The summed E-state index contributed by atoms with van der Waals surface area (Å²) in [6, 6.07) is 1.77. The van der Waals surface area contributed by atoms with Gasteiger partial charge >= 0.3 is 0 Å². The third-order valence-electron chi connectivity index (χ3n) is 2.21. The lowest BCUT2D eigenvalue weighted by Crippen LogP contribution is -2.48. The number of hydrogen-bond acceptors (Lipinski definition) is 2. The molecule has 2 fully saturated rings. The van der Waals surface area contributed by atoms with Gasteiger partial charge in [0.2, 0.25) is 0 Å². The van der Waals surface area contributed by atoms with Crippen molar-refractivity contribution in [3.8, 4) is 0 Å². The molecule has 0 bridgehead atoms. The molecule has 0 unspecified atom stereocenters. The largest absolute Gasteiger partial charge is 0.310 e. The average molecular weight is 143 g/mol. The standard InChI is InChI=1S/C7H13NS/c1-2-6(3-1)8-7-4-9-5-7/h6-8H,1-5H2. The van der Waals surface area contributed by atoms with Crippen LogP contribution >= 0.6 is 11.8 Å². The van der Waals surface area contributed by atoms with Crippen LogP contribution in [0.15, 0.2) is 0 Å². The molecule has 0 aromatic heterocycles. The molecular formula is C7H13NS. The molecule has 9 heavy (non-hydrogen) atoms. The first-order valence-corrected chi connectivity index (χ1v) is 4.94. The molecule has 0 aromatic carbocycles. The highest BCUT2D eigenvalue weighted by molar-refractivity contribution is 8.00. The summed E-state index contributed by atoms with van der Waals surface area (Å²) in [6.45, 7) is 0. The smallest absolute Gasteiger partial charge is 0.0251 e. The van der Waals surface area contributed by atoms with Crippen LogP contribution in [0.1, 0.15) is 19.3 Å². The van der Waals surface area contributed by atoms with Crippen LogP contribution in [0, 0.1) is 0 Å². The molecular weight excluding hydrogens is 130 g/mol. The van der Waals surface area contributed by atoms with Crippen LogP contribution in [-0.2, 0) is 0 Å². The Bertz CT molecular complexity index is 85.1. The van der Waals surface area contributed by atoms with Crippen molar-refractivity contribution in [2.45, 2.75) is 31.3 Å². The summed E-state index contributed by atoms with van der Waals surface area (Å²) >= 11 is 2.06. The second-order valence-electron chi connectivity index (χ2n) is 3.03. The fourth-order valence-electron chi connectivity index (χ4n) is 1.24. The van der Waals surface area contributed by atoms with Crippen molar-refractivity contribution >= 4 is 11.8 Å². The number of hydrogen-bond donors (Lipinski definition) is 1. The zero-order valence-electron chi connectivity index (χ0n) is 5.60. The Balaban J connectivity index is 1.64. The van der Waals surface area contributed by atoms with E-state index < -0.39 is 0 Å². The van der Waals surface area contributed by atoms with Gasteiger partial charge in [-0.15, -0.1) is 0 Å². The third kappa shape index (κ3) is 1.24. The Kier molecular flexibility index (Phi) is 1.68. The predicted octanol–water partition coefficient (Wildman–Crippen LogP) is 1.24. The molecule has 2 aliphatic rings. The molecule has 1 nitrogen and oxygen atoms in total. The van der Waals surface area contributed by atoms with Gasteiger partial charge in [-0.1, -0.05) is 6.42 Å². The summed E-state index contributed by atoms with van der Waals surface area (Å²) in [5.41, 5.74) is 0. The molecule has 2 rings (SSSR count). The van der Waals surface area contributed by atoms with Crippen LogP contribution in [-0.4, -0.2) is 23.6 Å². The third-order valence-corrected chi connectivity index (χ3v) is 3.49. The van der Waals surface area contributed by atoms with Gasteiger partial charge in [-0.2, -0.15) is 11.8 Å². The molecule has 1 saturated carbocycles. The van der Waals surface area contributed by atoms with Gasteiger partial charge in [-0.3, -0.25) is 0 Å². The molecule has 1 heterocycles. The van der Waals surface area contributed by atoms with Crippen LogP contribution in [0.4, 0.5) is 0 Å². The van der Waals surface area contributed by atoms with E-state index in [9.17, 15) is 0 Å². The van der Waals surface area contributed by atoms with E-state index >= 15 is 0 Å². The molecule has 0 atom stereocenters. The lowest BCUT2D eigenvalue weighted by Gasteiger charge is -2.35. The van der Waals surface area contributed by atoms with Crippen LogP contribution in [0.25, 0.3) is 0 Å². The van der Waals surface area contributed by atoms with E-state index in [0.717, 1.165) is 12.1 Å². The highest BCUT2D eigenvalue weighted by Crippen LogP contribution is 2.23. The lowest BCUT2D eigenvalue weighted by molar-refractivity contribution is 0.317. The van der Waals surface area contributed by atoms with Crippen LogP contribution in [0.3, 0.4) is 0 Å². The monoisotopic (exact) mass is 143 g/mol. The van der Waals surface area contributed by atoms with Crippen LogP contribution < -0.4 is 5.32 Å².